The molecule has 1 heterocycles. The fourth-order valence-corrected chi connectivity index (χ4v) is 1.90. The Morgan fingerprint density at radius 1 is 1.29 bits per heavy atom. The Balaban J connectivity index is 2.20. The molecule has 4 nitrogen and oxygen atoms in total. The van der Waals surface area contributed by atoms with Crippen molar-refractivity contribution in [2.24, 2.45) is 0 Å². The van der Waals surface area contributed by atoms with Crippen molar-refractivity contribution in [1.29, 1.82) is 0 Å². The first-order valence-electron chi connectivity index (χ1n) is 5.68. The third kappa shape index (κ3) is 2.46. The lowest BCUT2D eigenvalue weighted by Crippen LogP contribution is -2.48. The normalized spacial score (nSPS) is 16.2. The van der Waals surface area contributed by atoms with Gasteiger partial charge in [-0.15, -0.1) is 0 Å². The number of rotatable bonds is 2. The third-order valence-electron chi connectivity index (χ3n) is 3.08. The van der Waals surface area contributed by atoms with Gasteiger partial charge in [0.1, 0.15) is 0 Å². The molecule has 1 aliphatic rings. The van der Waals surface area contributed by atoms with Crippen LogP contribution in [0.2, 0.25) is 0 Å². The van der Waals surface area contributed by atoms with Crippen molar-refractivity contribution in [3.8, 4) is 0 Å². The number of benzene rings is 1. The molecule has 17 heavy (non-hydrogen) atoms. The van der Waals surface area contributed by atoms with Crippen LogP contribution < -0.4 is 4.90 Å². The monoisotopic (exact) mass is 232 g/mol. The van der Waals surface area contributed by atoms with Crippen molar-refractivity contribution in [3.05, 3.63) is 29.8 Å². The van der Waals surface area contributed by atoms with Crippen LogP contribution in [-0.2, 0) is 4.79 Å². The van der Waals surface area contributed by atoms with Crippen LogP contribution in [0.5, 0.6) is 0 Å². The predicted octanol–water partition coefficient (Wildman–Crippen LogP) is 1.17. The molecule has 0 spiro atoms. The molecule has 0 N–H and O–H groups in total. The predicted molar refractivity (Wildman–Crippen MR) is 66.3 cm³/mol. The number of ketones is 1. The zero-order chi connectivity index (χ0) is 12.4. The van der Waals surface area contributed by atoms with Gasteiger partial charge in [0.05, 0.1) is 6.54 Å². The molecule has 90 valence electrons. The molecule has 1 saturated heterocycles. The first-order valence-corrected chi connectivity index (χ1v) is 5.68. The van der Waals surface area contributed by atoms with Gasteiger partial charge < -0.3 is 9.80 Å². The summed E-state index contributed by atoms with van der Waals surface area (Å²) in [6.45, 7) is 3.47. The number of anilines is 1. The lowest BCUT2D eigenvalue weighted by molar-refractivity contribution is -0.129. The summed E-state index contributed by atoms with van der Waals surface area (Å²) in [7, 11) is 1.81. The van der Waals surface area contributed by atoms with Gasteiger partial charge in [-0.2, -0.15) is 0 Å². The highest BCUT2D eigenvalue weighted by Gasteiger charge is 2.21. The number of nitrogens with zero attached hydrogens (tertiary/aromatic N) is 2. The highest BCUT2D eigenvalue weighted by atomic mass is 16.2. The van der Waals surface area contributed by atoms with Crippen LogP contribution in [-0.4, -0.2) is 43.3 Å². The maximum atomic E-state index is 11.6. The summed E-state index contributed by atoms with van der Waals surface area (Å²) in [6, 6.07) is 7.44. The fraction of sp³-hybridized carbons (Fsp3) is 0.385. The molecule has 0 unspecified atom stereocenters. The van der Waals surface area contributed by atoms with Crippen LogP contribution in [0.15, 0.2) is 24.3 Å². The van der Waals surface area contributed by atoms with Gasteiger partial charge in [-0.25, -0.2) is 0 Å². The lowest BCUT2D eigenvalue weighted by atomic mass is 10.1. The van der Waals surface area contributed by atoms with E-state index >= 15 is 0 Å². The maximum Gasteiger partial charge on any atom is 0.241 e. The van der Waals surface area contributed by atoms with E-state index in [2.05, 4.69) is 0 Å². The molecule has 0 aliphatic carbocycles. The number of carbonyl (C=O) groups excluding carboxylic acids is 2. The van der Waals surface area contributed by atoms with Gasteiger partial charge in [-0.05, 0) is 19.1 Å². The van der Waals surface area contributed by atoms with Crippen molar-refractivity contribution >= 4 is 17.4 Å². The van der Waals surface area contributed by atoms with Crippen LogP contribution in [0.3, 0.4) is 0 Å². The topological polar surface area (TPSA) is 40.6 Å². The summed E-state index contributed by atoms with van der Waals surface area (Å²) in [5.74, 6) is 0.164. The summed E-state index contributed by atoms with van der Waals surface area (Å²) >= 11 is 0. The summed E-state index contributed by atoms with van der Waals surface area (Å²) in [5.41, 5.74) is 1.63. The quantitative estimate of drug-likeness (QED) is 0.719. The lowest BCUT2D eigenvalue weighted by Gasteiger charge is -2.33. The van der Waals surface area contributed by atoms with Crippen LogP contribution in [0.1, 0.15) is 17.3 Å². The number of hydrogen-bond acceptors (Lipinski definition) is 3. The van der Waals surface area contributed by atoms with Crippen LogP contribution in [0.4, 0.5) is 5.69 Å². The maximum absolute atomic E-state index is 11.6. The largest absolute Gasteiger partial charge is 0.360 e. The zero-order valence-corrected chi connectivity index (χ0v) is 10.1. The first kappa shape index (κ1) is 11.6. The Morgan fingerprint density at radius 3 is 2.71 bits per heavy atom. The van der Waals surface area contributed by atoms with Gasteiger partial charge >= 0.3 is 0 Å². The van der Waals surface area contributed by atoms with E-state index in [0.717, 1.165) is 18.8 Å². The molecule has 1 fully saturated rings. The molecule has 1 aliphatic heterocycles. The molecule has 1 aromatic rings. The van der Waals surface area contributed by atoms with E-state index in [1.807, 2.05) is 30.1 Å². The second-order valence-corrected chi connectivity index (χ2v) is 4.34. The molecular weight excluding hydrogens is 216 g/mol. The van der Waals surface area contributed by atoms with E-state index < -0.39 is 0 Å². The minimum Gasteiger partial charge on any atom is -0.360 e. The Labute approximate surface area is 101 Å². The fourth-order valence-electron chi connectivity index (χ4n) is 1.90. The smallest absolute Gasteiger partial charge is 0.241 e. The van der Waals surface area contributed by atoms with Crippen molar-refractivity contribution in [3.63, 3.8) is 0 Å². The van der Waals surface area contributed by atoms with Crippen molar-refractivity contribution < 1.29 is 9.59 Å². The van der Waals surface area contributed by atoms with E-state index in [-0.39, 0.29) is 11.7 Å². The van der Waals surface area contributed by atoms with Crippen LogP contribution in [0, 0.1) is 0 Å². The summed E-state index contributed by atoms with van der Waals surface area (Å²) in [4.78, 5) is 26.7. The minimum atomic E-state index is 0.0484. The summed E-state index contributed by atoms with van der Waals surface area (Å²) in [5, 5.41) is 0. The third-order valence-corrected chi connectivity index (χ3v) is 3.08. The minimum absolute atomic E-state index is 0.0484. The van der Waals surface area contributed by atoms with E-state index in [1.165, 1.54) is 0 Å². The Kier molecular flexibility index (Phi) is 3.13. The second-order valence-electron chi connectivity index (χ2n) is 4.34. The van der Waals surface area contributed by atoms with E-state index in [4.69, 9.17) is 0 Å². The Hall–Kier alpha value is -1.84. The van der Waals surface area contributed by atoms with E-state index in [0.29, 0.717) is 12.1 Å². The zero-order valence-electron chi connectivity index (χ0n) is 10.1. The molecular formula is C13H16N2O2. The van der Waals surface area contributed by atoms with Gasteiger partial charge in [-0.3, -0.25) is 9.59 Å². The van der Waals surface area contributed by atoms with E-state index in [1.54, 1.807) is 17.9 Å². The Bertz CT molecular complexity index is 456. The molecule has 0 radical (unpaired) electrons. The molecule has 1 amide bonds. The summed E-state index contributed by atoms with van der Waals surface area (Å²) < 4.78 is 0. The highest BCUT2D eigenvalue weighted by molar-refractivity contribution is 5.95. The number of carbonyl (C=O) groups is 2. The second kappa shape index (κ2) is 4.57. The molecule has 0 aromatic heterocycles. The van der Waals surface area contributed by atoms with Gasteiger partial charge in [0, 0.05) is 31.4 Å². The van der Waals surface area contributed by atoms with Crippen molar-refractivity contribution in [2.45, 2.75) is 6.92 Å². The number of hydrogen-bond donors (Lipinski definition) is 0. The van der Waals surface area contributed by atoms with Crippen molar-refractivity contribution in [2.75, 3.05) is 31.6 Å². The first-order chi connectivity index (χ1) is 8.08. The highest BCUT2D eigenvalue weighted by Crippen LogP contribution is 2.18. The molecule has 2 rings (SSSR count). The van der Waals surface area contributed by atoms with Crippen LogP contribution >= 0.6 is 0 Å². The number of piperazine rings is 1. The van der Waals surface area contributed by atoms with Gasteiger partial charge in [0.25, 0.3) is 0 Å². The number of Topliss-reactive ketones (excluding diaryl/α,β-unsaturated/α-hetero) is 1. The summed E-state index contributed by atoms with van der Waals surface area (Å²) in [6.07, 6.45) is 0. The van der Waals surface area contributed by atoms with Gasteiger partial charge in [0.2, 0.25) is 5.91 Å². The number of amides is 1. The average molecular weight is 232 g/mol. The molecule has 0 saturated carbocycles. The average Bonchev–Trinajstić information content (AvgIpc) is 2.33. The molecule has 1 aromatic carbocycles. The number of likely N-dealkylation sites (N-methyl/N-ethyl adjacent to an activating group) is 1. The molecule has 0 atom stereocenters. The molecule has 0 bridgehead atoms. The van der Waals surface area contributed by atoms with E-state index in [9.17, 15) is 9.59 Å². The van der Waals surface area contributed by atoms with Gasteiger partial charge in [-0.1, -0.05) is 12.1 Å². The Morgan fingerprint density at radius 2 is 2.06 bits per heavy atom. The van der Waals surface area contributed by atoms with Crippen molar-refractivity contribution in [1.82, 2.24) is 4.90 Å². The standard InChI is InChI=1S/C13H16N2O2/c1-10(16)11-4-3-5-12(8-11)15-7-6-14(2)13(17)9-15/h3-5,8H,6-7,9H2,1-2H3. The molecule has 4 heteroatoms. The van der Waals surface area contributed by atoms with Gasteiger partial charge in [0.15, 0.2) is 5.78 Å². The SMILES string of the molecule is CC(=O)c1cccc(N2CCN(C)C(=O)C2)c1. The van der Waals surface area contributed by atoms with Crippen LogP contribution in [0.25, 0.3) is 0 Å².